The predicted molar refractivity (Wildman–Crippen MR) is 123 cm³/mol. The number of benzene rings is 2. The number of rotatable bonds is 7. The van der Waals surface area contributed by atoms with Crippen LogP contribution in [-0.2, 0) is 11.4 Å². The zero-order chi connectivity index (χ0) is 20.9. The van der Waals surface area contributed by atoms with E-state index in [2.05, 4.69) is 51.2 Å². The third kappa shape index (κ3) is 4.94. The topological polar surface area (TPSA) is 49.8 Å². The van der Waals surface area contributed by atoms with Crippen molar-refractivity contribution in [2.75, 3.05) is 13.1 Å². The van der Waals surface area contributed by atoms with Gasteiger partial charge in [0.05, 0.1) is 15.7 Å². The number of para-hydroxylation sites is 1. The first-order chi connectivity index (χ1) is 14.6. The van der Waals surface area contributed by atoms with E-state index in [0.29, 0.717) is 19.4 Å². The third-order valence-electron chi connectivity index (χ3n) is 5.56. The second kappa shape index (κ2) is 9.77. The van der Waals surface area contributed by atoms with Gasteiger partial charge in [0.15, 0.2) is 0 Å². The molecule has 1 aromatic heterocycles. The number of hydrogen-bond donors (Lipinski definition) is 1. The minimum absolute atomic E-state index is 0.0445. The molecule has 1 fully saturated rings. The van der Waals surface area contributed by atoms with Crippen molar-refractivity contribution in [3.63, 3.8) is 0 Å². The van der Waals surface area contributed by atoms with Crippen molar-refractivity contribution in [1.29, 1.82) is 0 Å². The molecule has 2 heterocycles. The molecule has 0 radical (unpaired) electrons. The number of carbonyl (C=O) groups is 1. The first-order valence-electron chi connectivity index (χ1n) is 10.1. The van der Waals surface area contributed by atoms with Gasteiger partial charge >= 0.3 is 5.97 Å². The second-order valence-corrected chi connectivity index (χ2v) is 10.00. The summed E-state index contributed by atoms with van der Waals surface area (Å²) in [4.78, 5) is 15.0. The van der Waals surface area contributed by atoms with Crippen LogP contribution >= 0.6 is 27.3 Å². The maximum atomic E-state index is 11.4. The fourth-order valence-corrected chi connectivity index (χ4v) is 5.56. The van der Waals surface area contributed by atoms with Gasteiger partial charge in [-0.05, 0) is 65.6 Å². The molecule has 2 aromatic carbocycles. The summed E-state index contributed by atoms with van der Waals surface area (Å²) in [6, 6.07) is 22.6. The van der Waals surface area contributed by atoms with Gasteiger partial charge in [-0.1, -0.05) is 48.5 Å². The molecule has 4 nitrogen and oxygen atoms in total. The lowest BCUT2D eigenvalue weighted by molar-refractivity contribution is -0.143. The van der Waals surface area contributed by atoms with Gasteiger partial charge < -0.3 is 9.84 Å². The van der Waals surface area contributed by atoms with Crippen LogP contribution in [0.25, 0.3) is 0 Å². The molecule has 1 N–H and O–H groups in total. The Hall–Kier alpha value is -2.15. The van der Waals surface area contributed by atoms with Crippen LogP contribution in [0.2, 0.25) is 0 Å². The van der Waals surface area contributed by atoms with Crippen molar-refractivity contribution in [2.24, 2.45) is 5.92 Å². The second-order valence-electron chi connectivity index (χ2n) is 7.50. The molecule has 1 saturated heterocycles. The van der Waals surface area contributed by atoms with E-state index < -0.39 is 5.97 Å². The van der Waals surface area contributed by atoms with Gasteiger partial charge in [-0.15, -0.1) is 11.3 Å². The van der Waals surface area contributed by atoms with Crippen molar-refractivity contribution in [1.82, 2.24) is 4.90 Å². The standard InChI is InChI=1S/C24H24BrNO3S/c25-22-11-10-21(30-22)23(26-14-12-18(13-15-26)24(27)28)19-8-4-5-9-20(19)29-16-17-6-2-1-3-7-17/h1-11,18,23H,12-16H2,(H,27,28). The predicted octanol–water partition coefficient (Wildman–Crippen LogP) is 5.98. The maximum Gasteiger partial charge on any atom is 0.306 e. The van der Waals surface area contributed by atoms with Gasteiger partial charge in [0, 0.05) is 10.4 Å². The highest BCUT2D eigenvalue weighted by molar-refractivity contribution is 9.11. The molecule has 0 spiro atoms. The van der Waals surface area contributed by atoms with Crippen molar-refractivity contribution in [2.45, 2.75) is 25.5 Å². The van der Waals surface area contributed by atoms with Crippen LogP contribution in [0.1, 0.15) is 34.9 Å². The summed E-state index contributed by atoms with van der Waals surface area (Å²) in [7, 11) is 0. The molecule has 0 amide bonds. The minimum atomic E-state index is -0.684. The van der Waals surface area contributed by atoms with Gasteiger partial charge in [0.1, 0.15) is 12.4 Å². The van der Waals surface area contributed by atoms with E-state index in [0.717, 1.165) is 33.8 Å². The Bertz CT molecular complexity index is 983. The first kappa shape index (κ1) is 21.1. The van der Waals surface area contributed by atoms with E-state index in [9.17, 15) is 9.90 Å². The zero-order valence-corrected chi connectivity index (χ0v) is 18.9. The molecule has 1 aliphatic rings. The molecule has 0 saturated carbocycles. The molecule has 0 aliphatic carbocycles. The van der Waals surface area contributed by atoms with Crippen LogP contribution in [0.5, 0.6) is 5.75 Å². The summed E-state index contributed by atoms with van der Waals surface area (Å²) >= 11 is 5.31. The molecule has 30 heavy (non-hydrogen) atoms. The van der Waals surface area contributed by atoms with Crippen LogP contribution in [0.15, 0.2) is 70.5 Å². The Balaban J connectivity index is 1.62. The molecule has 1 aliphatic heterocycles. The molecule has 156 valence electrons. The van der Waals surface area contributed by atoms with Gasteiger partial charge in [-0.3, -0.25) is 9.69 Å². The zero-order valence-electron chi connectivity index (χ0n) is 16.5. The number of carboxylic acid groups (broad SMARTS) is 1. The van der Waals surface area contributed by atoms with E-state index in [1.54, 1.807) is 11.3 Å². The minimum Gasteiger partial charge on any atom is -0.489 e. The SMILES string of the molecule is O=C(O)C1CCN(C(c2ccc(Br)s2)c2ccccc2OCc2ccccc2)CC1. The van der Waals surface area contributed by atoms with E-state index in [1.165, 1.54) is 4.88 Å². The maximum absolute atomic E-state index is 11.4. The number of aliphatic carboxylic acids is 1. The highest BCUT2D eigenvalue weighted by atomic mass is 79.9. The quantitative estimate of drug-likeness (QED) is 0.447. The van der Waals surface area contributed by atoms with Crippen LogP contribution in [0.4, 0.5) is 0 Å². The number of thiophene rings is 1. The monoisotopic (exact) mass is 485 g/mol. The molecule has 1 atom stereocenters. The lowest BCUT2D eigenvalue weighted by atomic mass is 9.93. The summed E-state index contributed by atoms with van der Waals surface area (Å²) in [5.41, 5.74) is 2.25. The van der Waals surface area contributed by atoms with Crippen molar-refractivity contribution in [3.8, 4) is 5.75 Å². The summed E-state index contributed by atoms with van der Waals surface area (Å²) in [5.74, 6) is -0.0607. The lowest BCUT2D eigenvalue weighted by Crippen LogP contribution is -2.39. The Labute approximate surface area is 189 Å². The average Bonchev–Trinajstić information content (AvgIpc) is 3.20. The molecule has 1 unspecified atom stereocenters. The summed E-state index contributed by atoms with van der Waals surface area (Å²) in [5, 5.41) is 9.38. The summed E-state index contributed by atoms with van der Waals surface area (Å²) < 4.78 is 7.34. The number of ether oxygens (including phenoxy) is 1. The molecular formula is C24H24BrNO3S. The molecule has 3 aromatic rings. The number of piperidine rings is 1. The Morgan fingerprint density at radius 1 is 1.07 bits per heavy atom. The number of hydrogen-bond acceptors (Lipinski definition) is 4. The van der Waals surface area contributed by atoms with E-state index in [4.69, 9.17) is 4.74 Å². The molecule has 6 heteroatoms. The van der Waals surface area contributed by atoms with Crippen LogP contribution < -0.4 is 4.74 Å². The number of halogens is 1. The van der Waals surface area contributed by atoms with E-state index >= 15 is 0 Å². The summed E-state index contributed by atoms with van der Waals surface area (Å²) in [6.07, 6.45) is 1.34. The smallest absolute Gasteiger partial charge is 0.306 e. The van der Waals surface area contributed by atoms with E-state index in [-0.39, 0.29) is 12.0 Å². The van der Waals surface area contributed by atoms with E-state index in [1.807, 2.05) is 36.4 Å². The third-order valence-corrected chi connectivity index (χ3v) is 7.23. The number of likely N-dealkylation sites (tertiary alicyclic amines) is 1. The van der Waals surface area contributed by atoms with Crippen LogP contribution in [0.3, 0.4) is 0 Å². The van der Waals surface area contributed by atoms with Gasteiger partial charge in [0.2, 0.25) is 0 Å². The highest BCUT2D eigenvalue weighted by Gasteiger charge is 2.32. The Morgan fingerprint density at radius 3 is 2.43 bits per heavy atom. The first-order valence-corrected chi connectivity index (χ1v) is 11.7. The molecule has 4 rings (SSSR count). The van der Waals surface area contributed by atoms with Gasteiger partial charge in [0.25, 0.3) is 0 Å². The number of carboxylic acids is 1. The highest BCUT2D eigenvalue weighted by Crippen LogP contribution is 2.41. The van der Waals surface area contributed by atoms with Crippen LogP contribution in [0, 0.1) is 5.92 Å². The normalized spacial score (nSPS) is 16.3. The Kier molecular flexibility index (Phi) is 6.87. The summed E-state index contributed by atoms with van der Waals surface area (Å²) in [6.45, 7) is 2.02. The fraction of sp³-hybridized carbons (Fsp3) is 0.292. The molecular weight excluding hydrogens is 462 g/mol. The number of nitrogens with zero attached hydrogens (tertiary/aromatic N) is 1. The van der Waals surface area contributed by atoms with Crippen molar-refractivity contribution >= 4 is 33.2 Å². The molecule has 0 bridgehead atoms. The average molecular weight is 486 g/mol. The van der Waals surface area contributed by atoms with Gasteiger partial charge in [-0.2, -0.15) is 0 Å². The Morgan fingerprint density at radius 2 is 1.77 bits per heavy atom. The van der Waals surface area contributed by atoms with Gasteiger partial charge in [-0.25, -0.2) is 0 Å². The van der Waals surface area contributed by atoms with Crippen molar-refractivity contribution < 1.29 is 14.6 Å². The van der Waals surface area contributed by atoms with Crippen molar-refractivity contribution in [3.05, 3.63) is 86.5 Å². The lowest BCUT2D eigenvalue weighted by Gasteiger charge is -2.37. The largest absolute Gasteiger partial charge is 0.489 e. The van der Waals surface area contributed by atoms with Crippen LogP contribution in [-0.4, -0.2) is 29.1 Å². The fourth-order valence-electron chi connectivity index (χ4n) is 3.98.